The van der Waals surface area contributed by atoms with Crippen LogP contribution in [0.1, 0.15) is 44.5 Å². The molecule has 2 aliphatic rings. The summed E-state index contributed by atoms with van der Waals surface area (Å²) in [7, 11) is -3.48. The Balaban J connectivity index is 1.53. The molecular weight excluding hydrogens is 512 g/mol. The van der Waals surface area contributed by atoms with Crippen molar-refractivity contribution in [2.75, 3.05) is 23.4 Å². The van der Waals surface area contributed by atoms with Crippen LogP contribution in [0.3, 0.4) is 0 Å². The lowest BCUT2D eigenvalue weighted by Gasteiger charge is -2.32. The molecule has 3 heterocycles. The van der Waals surface area contributed by atoms with Gasteiger partial charge in [-0.15, -0.1) is 11.3 Å². The van der Waals surface area contributed by atoms with E-state index in [1.165, 1.54) is 30.4 Å². The Labute approximate surface area is 220 Å². The molecule has 10 nitrogen and oxygen atoms in total. The average molecular weight is 547 g/mol. The van der Waals surface area contributed by atoms with Gasteiger partial charge in [0.2, 0.25) is 5.95 Å². The first-order valence-electron chi connectivity index (χ1n) is 12.5. The second-order valence-electron chi connectivity index (χ2n) is 10.9. The van der Waals surface area contributed by atoms with Crippen LogP contribution < -0.4 is 10.6 Å². The smallest absolute Gasteiger partial charge is 0.224 e. The van der Waals surface area contributed by atoms with E-state index in [0.29, 0.717) is 23.2 Å². The highest BCUT2D eigenvalue weighted by Crippen LogP contribution is 2.42. The summed E-state index contributed by atoms with van der Waals surface area (Å²) < 4.78 is 24.7. The number of hydrogen-bond acceptors (Lipinski definition) is 11. The Morgan fingerprint density at radius 2 is 1.84 bits per heavy atom. The van der Waals surface area contributed by atoms with Gasteiger partial charge in [-0.25, -0.2) is 18.4 Å². The highest BCUT2D eigenvalue weighted by Gasteiger charge is 2.52. The van der Waals surface area contributed by atoms with Gasteiger partial charge in [-0.1, -0.05) is 0 Å². The number of anilines is 2. The molecule has 0 aliphatic heterocycles. The van der Waals surface area contributed by atoms with E-state index in [-0.39, 0.29) is 6.42 Å². The zero-order chi connectivity index (χ0) is 26.7. The highest BCUT2D eigenvalue weighted by molar-refractivity contribution is 7.92. The fourth-order valence-corrected chi connectivity index (χ4v) is 6.87. The molecule has 4 N–H and O–H groups in total. The lowest BCUT2D eigenvalue weighted by molar-refractivity contribution is 0.0106. The lowest BCUT2D eigenvalue weighted by atomic mass is 9.91. The summed E-state index contributed by atoms with van der Waals surface area (Å²) in [6, 6.07) is 1.32. The number of aliphatic hydroxyl groups is 2. The second kappa shape index (κ2) is 9.40. The molecule has 2 aliphatic carbocycles. The number of hydrogen-bond donors (Lipinski definition) is 4. The maximum Gasteiger partial charge on any atom is 0.224 e. The predicted octanol–water partition coefficient (Wildman–Crippen LogP) is 2.93. The molecule has 2 fully saturated rings. The molecule has 0 bridgehead atoms. The number of fused-ring (bicyclic) bond motifs is 1. The van der Waals surface area contributed by atoms with Crippen molar-refractivity contribution in [3.63, 3.8) is 0 Å². The van der Waals surface area contributed by atoms with Crippen molar-refractivity contribution >= 4 is 43.2 Å². The molecular formula is C25H34N6O4S2. The van der Waals surface area contributed by atoms with E-state index < -0.39 is 38.8 Å². The van der Waals surface area contributed by atoms with Crippen molar-refractivity contribution in [2.24, 2.45) is 11.8 Å². The summed E-state index contributed by atoms with van der Waals surface area (Å²) in [5.74, 6) is 0.954. The van der Waals surface area contributed by atoms with Gasteiger partial charge in [-0.3, -0.25) is 4.98 Å². The number of aliphatic hydroxyl groups excluding tert-OH is 2. The minimum Gasteiger partial charge on any atom is -0.390 e. The molecule has 200 valence electrons. The van der Waals surface area contributed by atoms with Gasteiger partial charge in [0.25, 0.3) is 0 Å². The number of rotatable bonds is 8. The van der Waals surface area contributed by atoms with E-state index in [0.717, 1.165) is 33.2 Å². The third-order valence-electron chi connectivity index (χ3n) is 7.89. The summed E-state index contributed by atoms with van der Waals surface area (Å²) >= 11 is 1.51. The van der Waals surface area contributed by atoms with Crippen LogP contribution >= 0.6 is 11.3 Å². The largest absolute Gasteiger partial charge is 0.390 e. The van der Waals surface area contributed by atoms with Crippen molar-refractivity contribution in [2.45, 2.75) is 70.0 Å². The van der Waals surface area contributed by atoms with Crippen molar-refractivity contribution in [1.29, 1.82) is 0 Å². The molecule has 12 heteroatoms. The maximum absolute atomic E-state index is 12.5. The van der Waals surface area contributed by atoms with Gasteiger partial charge in [-0.05, 0) is 58.9 Å². The first-order valence-corrected chi connectivity index (χ1v) is 15.2. The fraction of sp³-hybridized carbons (Fsp3) is 0.600. The van der Waals surface area contributed by atoms with Crippen molar-refractivity contribution in [1.82, 2.24) is 19.9 Å². The van der Waals surface area contributed by atoms with Crippen LogP contribution in [0, 0.1) is 25.7 Å². The number of pyridine rings is 1. The van der Waals surface area contributed by atoms with Crippen LogP contribution in [0.25, 0.3) is 20.8 Å². The van der Waals surface area contributed by atoms with Crippen LogP contribution in [0.5, 0.6) is 0 Å². The zero-order valence-electron chi connectivity index (χ0n) is 21.7. The standard InChI is InChI=1S/C25H34N6O4S2/c1-12-18(23-30-19-13(2)26-9-8-17(19)36-23)22(31-24(28-12)27-11-14-6-7-14)29-16-10-15(20(32)21(16)33)25(3,4)37(5,34)35/h8-9,14-16,20-21,32-33H,6-7,10-11H2,1-5H3,(H2,27,28,29,31)/t15-,16+,20+,21-/m0/s1. The van der Waals surface area contributed by atoms with E-state index in [1.807, 2.05) is 19.9 Å². The molecule has 2 saturated carbocycles. The third-order valence-corrected chi connectivity index (χ3v) is 11.1. The Morgan fingerprint density at radius 1 is 1.11 bits per heavy atom. The van der Waals surface area contributed by atoms with Crippen molar-refractivity contribution in [3.05, 3.63) is 23.7 Å². The first kappa shape index (κ1) is 26.2. The van der Waals surface area contributed by atoms with E-state index in [9.17, 15) is 18.6 Å². The van der Waals surface area contributed by atoms with Crippen molar-refractivity contribution in [3.8, 4) is 10.6 Å². The SMILES string of the molecule is Cc1nc(NCC2CC2)nc(N[C@@H]2C[C@H](C(C)(C)S(C)(=O)=O)[C@@H](O)[C@H]2O)c1-c1nc2c(C)nccc2s1. The average Bonchev–Trinajstić information content (AvgIpc) is 3.48. The number of aromatic nitrogens is 4. The first-order chi connectivity index (χ1) is 17.4. The van der Waals surface area contributed by atoms with Crippen LogP contribution in [0.15, 0.2) is 12.3 Å². The lowest BCUT2D eigenvalue weighted by Crippen LogP contribution is -2.45. The Kier molecular flexibility index (Phi) is 6.66. The van der Waals surface area contributed by atoms with Gasteiger partial charge >= 0.3 is 0 Å². The Hall–Kier alpha value is -2.41. The normalized spacial score (nSPS) is 24.5. The van der Waals surface area contributed by atoms with Crippen molar-refractivity contribution < 1.29 is 18.6 Å². The fourth-order valence-electron chi connectivity index (χ4n) is 4.98. The van der Waals surface area contributed by atoms with E-state index in [4.69, 9.17) is 15.0 Å². The topological polar surface area (TPSA) is 150 Å². The molecule has 0 spiro atoms. The van der Waals surface area contributed by atoms with Crippen LogP contribution in [0.2, 0.25) is 0 Å². The number of thiazole rings is 1. The van der Waals surface area contributed by atoms with Crippen LogP contribution in [0.4, 0.5) is 11.8 Å². The number of sulfone groups is 1. The van der Waals surface area contributed by atoms with Gasteiger partial charge < -0.3 is 20.8 Å². The van der Waals surface area contributed by atoms with E-state index in [1.54, 1.807) is 20.0 Å². The summed E-state index contributed by atoms with van der Waals surface area (Å²) in [6.45, 7) is 7.81. The minimum atomic E-state index is -3.48. The third kappa shape index (κ3) is 4.91. The zero-order valence-corrected chi connectivity index (χ0v) is 23.3. The summed E-state index contributed by atoms with van der Waals surface area (Å²) in [5.41, 5.74) is 3.08. The quantitative estimate of drug-likeness (QED) is 0.332. The van der Waals surface area contributed by atoms with Gasteiger partial charge in [0.15, 0.2) is 9.84 Å². The summed E-state index contributed by atoms with van der Waals surface area (Å²) in [6.07, 6.45) is 3.21. The van der Waals surface area contributed by atoms with Crippen LogP contribution in [-0.2, 0) is 9.84 Å². The van der Waals surface area contributed by atoms with Gasteiger partial charge in [-0.2, -0.15) is 4.98 Å². The van der Waals surface area contributed by atoms with Crippen LogP contribution in [-0.4, -0.2) is 74.4 Å². The molecule has 0 radical (unpaired) electrons. The molecule has 5 rings (SSSR count). The summed E-state index contributed by atoms with van der Waals surface area (Å²) in [4.78, 5) is 18.7. The highest BCUT2D eigenvalue weighted by atomic mass is 32.2. The second-order valence-corrected chi connectivity index (χ2v) is 14.5. The van der Waals surface area contributed by atoms with E-state index in [2.05, 4.69) is 15.6 Å². The Morgan fingerprint density at radius 3 is 2.49 bits per heavy atom. The molecule has 0 aromatic carbocycles. The monoisotopic (exact) mass is 546 g/mol. The number of aryl methyl sites for hydroxylation is 2. The van der Waals surface area contributed by atoms with E-state index >= 15 is 0 Å². The number of nitrogens with zero attached hydrogens (tertiary/aromatic N) is 4. The van der Waals surface area contributed by atoms with Gasteiger partial charge in [0.05, 0.1) is 38.5 Å². The molecule has 37 heavy (non-hydrogen) atoms. The molecule has 3 aromatic heterocycles. The Bertz CT molecular complexity index is 1440. The minimum absolute atomic E-state index is 0.263. The summed E-state index contributed by atoms with van der Waals surface area (Å²) in [5, 5.41) is 29.2. The molecule has 3 aromatic rings. The van der Waals surface area contributed by atoms with Gasteiger partial charge in [0.1, 0.15) is 22.4 Å². The molecule has 0 amide bonds. The molecule has 4 atom stereocenters. The number of nitrogens with one attached hydrogen (secondary N) is 2. The molecule has 0 unspecified atom stereocenters. The maximum atomic E-state index is 12.5. The molecule has 0 saturated heterocycles. The predicted molar refractivity (Wildman–Crippen MR) is 146 cm³/mol. The van der Waals surface area contributed by atoms with Gasteiger partial charge in [0, 0.05) is 24.9 Å².